The summed E-state index contributed by atoms with van der Waals surface area (Å²) >= 11 is 0. The van der Waals surface area contributed by atoms with E-state index in [0.29, 0.717) is 11.5 Å². The van der Waals surface area contributed by atoms with Gasteiger partial charge in [-0.25, -0.2) is 4.79 Å². The van der Waals surface area contributed by atoms with Gasteiger partial charge in [-0.2, -0.15) is 0 Å². The highest BCUT2D eigenvalue weighted by molar-refractivity contribution is 5.63. The van der Waals surface area contributed by atoms with Crippen molar-refractivity contribution in [3.8, 4) is 11.5 Å². The van der Waals surface area contributed by atoms with Crippen LogP contribution in [0.2, 0.25) is 0 Å². The fourth-order valence-electron chi connectivity index (χ4n) is 2.05. The third-order valence-electron chi connectivity index (χ3n) is 3.03. The van der Waals surface area contributed by atoms with Gasteiger partial charge in [0.2, 0.25) is 0 Å². The number of hydrogen-bond donors (Lipinski definition) is 0. The summed E-state index contributed by atoms with van der Waals surface area (Å²) in [5.74, 6) is 1.39. The summed E-state index contributed by atoms with van der Waals surface area (Å²) in [4.78, 5) is 11.1. The van der Waals surface area contributed by atoms with Crippen molar-refractivity contribution in [3.05, 3.63) is 23.3 Å². The third kappa shape index (κ3) is 2.08. The molecule has 0 spiro atoms. The molecule has 0 aliphatic carbocycles. The van der Waals surface area contributed by atoms with Gasteiger partial charge in [0, 0.05) is 11.1 Å². The second kappa shape index (κ2) is 4.76. The Kier molecular flexibility index (Phi) is 3.32. The molecule has 0 amide bonds. The highest BCUT2D eigenvalue weighted by Gasteiger charge is 2.35. The van der Waals surface area contributed by atoms with Crippen molar-refractivity contribution in [2.75, 3.05) is 14.2 Å². The van der Waals surface area contributed by atoms with Gasteiger partial charge in [-0.15, -0.1) is 0 Å². The monoisotopic (exact) mass is 252 g/mol. The van der Waals surface area contributed by atoms with Gasteiger partial charge in [0.25, 0.3) is 0 Å². The molecular formula is C13H16O5. The van der Waals surface area contributed by atoms with Crippen LogP contribution >= 0.6 is 0 Å². The highest BCUT2D eigenvalue weighted by Crippen LogP contribution is 2.37. The molecule has 5 nitrogen and oxygen atoms in total. The van der Waals surface area contributed by atoms with E-state index in [1.54, 1.807) is 21.1 Å². The maximum Gasteiger partial charge on any atom is 0.509 e. The molecule has 0 N–H and O–H groups in total. The van der Waals surface area contributed by atoms with Crippen molar-refractivity contribution in [1.82, 2.24) is 0 Å². The standard InChI is InChI=1S/C13H16O5/c1-7-10(15-3)5-9(6-11(7)16-4)12-8(2)17-13(14)18-12/h5-6,8,12H,1-4H3/t8-,12+/m0/s1. The van der Waals surface area contributed by atoms with E-state index in [2.05, 4.69) is 0 Å². The van der Waals surface area contributed by atoms with Crippen LogP contribution in [0.15, 0.2) is 12.1 Å². The lowest BCUT2D eigenvalue weighted by atomic mass is 10.0. The molecule has 1 aromatic rings. The number of carbonyl (C=O) groups is 1. The highest BCUT2D eigenvalue weighted by atomic mass is 16.8. The second-order valence-electron chi connectivity index (χ2n) is 4.16. The van der Waals surface area contributed by atoms with Gasteiger partial charge in [0.1, 0.15) is 17.6 Å². The Labute approximate surface area is 106 Å². The first kappa shape index (κ1) is 12.5. The molecule has 98 valence electrons. The zero-order valence-electron chi connectivity index (χ0n) is 10.9. The lowest BCUT2D eigenvalue weighted by Gasteiger charge is -2.16. The van der Waals surface area contributed by atoms with E-state index in [0.717, 1.165) is 11.1 Å². The van der Waals surface area contributed by atoms with Crippen LogP contribution in [-0.4, -0.2) is 26.5 Å². The zero-order chi connectivity index (χ0) is 13.3. The molecule has 1 aromatic carbocycles. The van der Waals surface area contributed by atoms with Crippen LogP contribution in [0.1, 0.15) is 24.2 Å². The first-order valence-corrected chi connectivity index (χ1v) is 5.66. The molecule has 1 fully saturated rings. The van der Waals surface area contributed by atoms with Gasteiger partial charge in [-0.05, 0) is 26.0 Å². The van der Waals surface area contributed by atoms with E-state index in [9.17, 15) is 4.79 Å². The Hall–Kier alpha value is -1.91. The number of methoxy groups -OCH3 is 2. The van der Waals surface area contributed by atoms with Crippen LogP contribution in [0.4, 0.5) is 4.79 Å². The van der Waals surface area contributed by atoms with Gasteiger partial charge < -0.3 is 18.9 Å². The molecule has 0 unspecified atom stereocenters. The molecule has 0 aromatic heterocycles. The summed E-state index contributed by atoms with van der Waals surface area (Å²) < 4.78 is 20.7. The minimum Gasteiger partial charge on any atom is -0.496 e. The quantitative estimate of drug-likeness (QED) is 0.774. The molecule has 2 rings (SSSR count). The molecule has 5 heteroatoms. The van der Waals surface area contributed by atoms with Crippen molar-refractivity contribution in [2.24, 2.45) is 0 Å². The lowest BCUT2D eigenvalue weighted by molar-refractivity contribution is 0.117. The smallest absolute Gasteiger partial charge is 0.496 e. The van der Waals surface area contributed by atoms with Crippen LogP contribution < -0.4 is 9.47 Å². The Morgan fingerprint density at radius 1 is 1.11 bits per heavy atom. The maximum atomic E-state index is 11.1. The fourth-order valence-corrected chi connectivity index (χ4v) is 2.05. The van der Waals surface area contributed by atoms with Crippen molar-refractivity contribution < 1.29 is 23.7 Å². The van der Waals surface area contributed by atoms with Crippen LogP contribution in [0.25, 0.3) is 0 Å². The number of hydrogen-bond acceptors (Lipinski definition) is 5. The van der Waals surface area contributed by atoms with Crippen molar-refractivity contribution in [1.29, 1.82) is 0 Å². The molecule has 1 heterocycles. The molecule has 18 heavy (non-hydrogen) atoms. The normalized spacial score (nSPS) is 22.3. The molecular weight excluding hydrogens is 236 g/mol. The van der Waals surface area contributed by atoms with Crippen LogP contribution in [-0.2, 0) is 9.47 Å². The second-order valence-corrected chi connectivity index (χ2v) is 4.16. The maximum absolute atomic E-state index is 11.1. The minimum atomic E-state index is -0.647. The molecule has 0 bridgehead atoms. The van der Waals surface area contributed by atoms with E-state index in [1.807, 2.05) is 19.1 Å². The topological polar surface area (TPSA) is 54.0 Å². The van der Waals surface area contributed by atoms with Gasteiger partial charge in [-0.1, -0.05) is 0 Å². The summed E-state index contributed by atoms with van der Waals surface area (Å²) in [5, 5.41) is 0. The Morgan fingerprint density at radius 3 is 2.06 bits per heavy atom. The largest absolute Gasteiger partial charge is 0.509 e. The summed E-state index contributed by atoms with van der Waals surface area (Å²) in [6.45, 7) is 3.69. The molecule has 1 aliphatic heterocycles. The fraction of sp³-hybridized carbons (Fsp3) is 0.462. The predicted molar refractivity (Wildman–Crippen MR) is 64.1 cm³/mol. The number of rotatable bonds is 3. The van der Waals surface area contributed by atoms with E-state index < -0.39 is 12.3 Å². The summed E-state index contributed by atoms with van der Waals surface area (Å²) in [6, 6.07) is 3.67. The Morgan fingerprint density at radius 2 is 1.67 bits per heavy atom. The van der Waals surface area contributed by atoms with Crippen LogP contribution in [0.5, 0.6) is 11.5 Å². The molecule has 0 saturated carbocycles. The van der Waals surface area contributed by atoms with Gasteiger partial charge in [-0.3, -0.25) is 0 Å². The van der Waals surface area contributed by atoms with Crippen molar-refractivity contribution in [2.45, 2.75) is 26.1 Å². The number of ether oxygens (including phenoxy) is 4. The average molecular weight is 252 g/mol. The number of carbonyl (C=O) groups excluding carboxylic acids is 1. The Balaban J connectivity index is 2.42. The molecule has 2 atom stereocenters. The summed E-state index contributed by atoms with van der Waals surface area (Å²) in [6.07, 6.45) is -1.40. The van der Waals surface area contributed by atoms with E-state index in [4.69, 9.17) is 18.9 Å². The molecule has 1 saturated heterocycles. The third-order valence-corrected chi connectivity index (χ3v) is 3.03. The van der Waals surface area contributed by atoms with E-state index in [-0.39, 0.29) is 6.10 Å². The SMILES string of the molecule is COc1cc([C@@H]2OC(=O)O[C@H]2C)cc(OC)c1C. The van der Waals surface area contributed by atoms with Crippen molar-refractivity contribution >= 4 is 6.16 Å². The van der Waals surface area contributed by atoms with Gasteiger partial charge in [0.15, 0.2) is 6.10 Å². The van der Waals surface area contributed by atoms with E-state index in [1.165, 1.54) is 0 Å². The first-order chi connectivity index (χ1) is 8.56. The summed E-state index contributed by atoms with van der Waals surface area (Å²) in [7, 11) is 3.18. The number of benzene rings is 1. The molecule has 0 radical (unpaired) electrons. The lowest BCUT2D eigenvalue weighted by Crippen LogP contribution is -2.11. The minimum absolute atomic E-state index is 0.324. The van der Waals surface area contributed by atoms with Gasteiger partial charge >= 0.3 is 6.16 Å². The zero-order valence-corrected chi connectivity index (χ0v) is 10.9. The van der Waals surface area contributed by atoms with Crippen LogP contribution in [0.3, 0.4) is 0 Å². The van der Waals surface area contributed by atoms with Crippen LogP contribution in [0, 0.1) is 6.92 Å². The van der Waals surface area contributed by atoms with Crippen molar-refractivity contribution in [3.63, 3.8) is 0 Å². The predicted octanol–water partition coefficient (Wildman–Crippen LogP) is 2.61. The average Bonchev–Trinajstić information content (AvgIpc) is 2.69. The van der Waals surface area contributed by atoms with E-state index >= 15 is 0 Å². The first-order valence-electron chi connectivity index (χ1n) is 5.66. The molecule has 1 aliphatic rings. The van der Waals surface area contributed by atoms with Gasteiger partial charge in [0.05, 0.1) is 14.2 Å². The number of cyclic esters (lactones) is 2. The summed E-state index contributed by atoms with van der Waals surface area (Å²) in [5.41, 5.74) is 1.70. The Bertz CT molecular complexity index is 443.